The van der Waals surface area contributed by atoms with Crippen LogP contribution in [-0.4, -0.2) is 28.2 Å². The van der Waals surface area contributed by atoms with Crippen molar-refractivity contribution in [3.8, 4) is 11.3 Å². The maximum Gasteiger partial charge on any atom is 0.263 e. The van der Waals surface area contributed by atoms with Gasteiger partial charge in [-0.05, 0) is 35.9 Å². The van der Waals surface area contributed by atoms with Crippen molar-refractivity contribution in [1.82, 2.24) is 10.3 Å². The van der Waals surface area contributed by atoms with Crippen LogP contribution in [0.1, 0.15) is 15.9 Å². The lowest BCUT2D eigenvalue weighted by Crippen LogP contribution is -2.26. The number of carbonyl (C=O) groups is 2. The summed E-state index contributed by atoms with van der Waals surface area (Å²) in [5.41, 5.74) is 2.85. The Hall–Kier alpha value is -2.23. The van der Waals surface area contributed by atoms with E-state index in [1.54, 1.807) is 49.5 Å². The number of halogens is 2. The van der Waals surface area contributed by atoms with Crippen LogP contribution < -0.4 is 10.2 Å². The Kier molecular flexibility index (Phi) is 6.45. The van der Waals surface area contributed by atoms with Crippen LogP contribution in [0.2, 0.25) is 10.0 Å². The van der Waals surface area contributed by atoms with Gasteiger partial charge < -0.3 is 5.32 Å². The Morgan fingerprint density at radius 1 is 1.16 bits per heavy atom. The number of thioether (sulfide) groups is 1. The van der Waals surface area contributed by atoms with E-state index in [1.807, 2.05) is 11.4 Å². The van der Waals surface area contributed by atoms with Gasteiger partial charge in [0.05, 0.1) is 20.6 Å². The second kappa shape index (κ2) is 9.10. The standard InChI is InChI=1S/C21H13Cl2N3O2S3/c1-26(20-24-16(10-30-20)13-6-7-14(22)15(23)9-13)19(28)12-4-2-11(3-5-12)8-17-18(27)25-21(29)31-17/h2-10H,1H3,(H,25,27,29)/b17-8-. The summed E-state index contributed by atoms with van der Waals surface area (Å²) in [7, 11) is 1.68. The monoisotopic (exact) mass is 505 g/mol. The third-order valence-electron chi connectivity index (χ3n) is 4.40. The fourth-order valence-electron chi connectivity index (χ4n) is 2.78. The topological polar surface area (TPSA) is 62.3 Å². The third-order valence-corrected chi connectivity index (χ3v) is 7.22. The number of nitrogens with zero attached hydrogens (tertiary/aromatic N) is 2. The average Bonchev–Trinajstić information content (AvgIpc) is 3.36. The Labute approximate surface area is 202 Å². The van der Waals surface area contributed by atoms with Crippen LogP contribution >= 0.6 is 58.5 Å². The summed E-state index contributed by atoms with van der Waals surface area (Å²) >= 11 is 19.6. The molecule has 5 nitrogen and oxygen atoms in total. The molecule has 1 aliphatic rings. The number of carbonyl (C=O) groups excluding carboxylic acids is 2. The predicted octanol–water partition coefficient (Wildman–Crippen LogP) is 5.88. The first-order valence-corrected chi connectivity index (χ1v) is 11.7. The largest absolute Gasteiger partial charge is 0.307 e. The fourth-order valence-corrected chi connectivity index (χ4v) is 4.92. The highest BCUT2D eigenvalue weighted by Gasteiger charge is 2.22. The van der Waals surface area contributed by atoms with Crippen LogP contribution in [-0.2, 0) is 4.79 Å². The molecular weight excluding hydrogens is 493 g/mol. The molecular formula is C21H13Cl2N3O2S3. The van der Waals surface area contributed by atoms with Gasteiger partial charge in [-0.2, -0.15) is 0 Å². The molecule has 0 unspecified atom stereocenters. The minimum absolute atomic E-state index is 0.191. The molecule has 2 aromatic carbocycles. The first-order chi connectivity index (χ1) is 14.8. The van der Waals surface area contributed by atoms with Gasteiger partial charge in [0.25, 0.3) is 11.8 Å². The maximum atomic E-state index is 12.9. The normalized spacial score (nSPS) is 14.7. The van der Waals surface area contributed by atoms with E-state index in [-0.39, 0.29) is 11.8 Å². The van der Waals surface area contributed by atoms with E-state index in [2.05, 4.69) is 10.3 Å². The third kappa shape index (κ3) is 4.83. The van der Waals surface area contributed by atoms with Crippen LogP contribution in [0.15, 0.2) is 52.7 Å². The number of anilines is 1. The molecule has 0 saturated carbocycles. The second-order valence-electron chi connectivity index (χ2n) is 6.48. The van der Waals surface area contributed by atoms with Gasteiger partial charge in [-0.1, -0.05) is 65.4 Å². The molecule has 31 heavy (non-hydrogen) atoms. The highest BCUT2D eigenvalue weighted by Crippen LogP contribution is 2.32. The summed E-state index contributed by atoms with van der Waals surface area (Å²) in [6.45, 7) is 0. The molecule has 0 radical (unpaired) electrons. The predicted molar refractivity (Wildman–Crippen MR) is 133 cm³/mol. The molecule has 1 saturated heterocycles. The number of aromatic nitrogens is 1. The molecule has 1 aromatic heterocycles. The van der Waals surface area contributed by atoms with E-state index in [9.17, 15) is 9.59 Å². The van der Waals surface area contributed by atoms with E-state index in [4.69, 9.17) is 35.4 Å². The number of thiazole rings is 1. The molecule has 156 valence electrons. The van der Waals surface area contributed by atoms with Crippen LogP contribution in [0, 0.1) is 0 Å². The smallest absolute Gasteiger partial charge is 0.263 e. The summed E-state index contributed by atoms with van der Waals surface area (Å²) < 4.78 is 0.438. The lowest BCUT2D eigenvalue weighted by molar-refractivity contribution is -0.115. The number of amides is 2. The molecule has 1 fully saturated rings. The molecule has 0 bridgehead atoms. The van der Waals surface area contributed by atoms with Crippen molar-refractivity contribution in [3.05, 3.63) is 73.9 Å². The lowest BCUT2D eigenvalue weighted by Gasteiger charge is -2.14. The second-order valence-corrected chi connectivity index (χ2v) is 9.85. The first-order valence-electron chi connectivity index (χ1n) is 8.86. The minimum atomic E-state index is -0.212. The van der Waals surface area contributed by atoms with E-state index in [1.165, 1.54) is 28.0 Å². The van der Waals surface area contributed by atoms with Crippen molar-refractivity contribution in [1.29, 1.82) is 0 Å². The van der Waals surface area contributed by atoms with Gasteiger partial charge in [0.1, 0.15) is 4.32 Å². The van der Waals surface area contributed by atoms with Crippen LogP contribution in [0.25, 0.3) is 17.3 Å². The number of thiocarbonyl (C=S) groups is 1. The summed E-state index contributed by atoms with van der Waals surface area (Å²) in [5.74, 6) is -0.403. The Morgan fingerprint density at radius 3 is 2.55 bits per heavy atom. The molecule has 1 N–H and O–H groups in total. The van der Waals surface area contributed by atoms with Crippen LogP contribution in [0.4, 0.5) is 5.13 Å². The molecule has 4 rings (SSSR count). The molecule has 3 aromatic rings. The highest BCUT2D eigenvalue weighted by molar-refractivity contribution is 8.26. The zero-order valence-electron chi connectivity index (χ0n) is 15.9. The van der Waals surface area contributed by atoms with E-state index in [0.717, 1.165) is 11.1 Å². The zero-order chi connectivity index (χ0) is 22.1. The number of hydrogen-bond donors (Lipinski definition) is 1. The van der Waals surface area contributed by atoms with Gasteiger partial charge in [0.15, 0.2) is 5.13 Å². The minimum Gasteiger partial charge on any atom is -0.307 e. The van der Waals surface area contributed by atoms with Crippen molar-refractivity contribution in [2.75, 3.05) is 11.9 Å². The number of nitrogens with one attached hydrogen (secondary N) is 1. The van der Waals surface area contributed by atoms with Crippen molar-refractivity contribution in [2.24, 2.45) is 0 Å². The van der Waals surface area contributed by atoms with Gasteiger partial charge in [-0.25, -0.2) is 4.98 Å². The van der Waals surface area contributed by atoms with Crippen molar-refractivity contribution in [3.63, 3.8) is 0 Å². The van der Waals surface area contributed by atoms with Crippen LogP contribution in [0.5, 0.6) is 0 Å². The van der Waals surface area contributed by atoms with Crippen molar-refractivity contribution >= 4 is 85.9 Å². The van der Waals surface area contributed by atoms with Crippen LogP contribution in [0.3, 0.4) is 0 Å². The van der Waals surface area contributed by atoms with Crippen molar-refractivity contribution < 1.29 is 9.59 Å². The molecule has 1 aliphatic heterocycles. The van der Waals surface area contributed by atoms with E-state index >= 15 is 0 Å². The lowest BCUT2D eigenvalue weighted by atomic mass is 10.1. The Morgan fingerprint density at radius 2 is 1.90 bits per heavy atom. The molecule has 10 heteroatoms. The first kappa shape index (κ1) is 22.0. The van der Waals surface area contributed by atoms with Gasteiger partial charge in [-0.15, -0.1) is 11.3 Å². The summed E-state index contributed by atoms with van der Waals surface area (Å²) in [4.78, 5) is 31.3. The number of rotatable bonds is 4. The summed E-state index contributed by atoms with van der Waals surface area (Å²) in [6, 6.07) is 12.3. The molecule has 2 amide bonds. The SMILES string of the molecule is CN(C(=O)c1ccc(/C=C2\SC(=S)NC2=O)cc1)c1nc(-c2ccc(Cl)c(Cl)c2)cs1. The molecule has 0 atom stereocenters. The molecule has 0 aliphatic carbocycles. The van der Waals surface area contributed by atoms with E-state index in [0.29, 0.717) is 35.7 Å². The van der Waals surface area contributed by atoms with Crippen molar-refractivity contribution in [2.45, 2.75) is 0 Å². The van der Waals surface area contributed by atoms with Gasteiger partial charge in [0, 0.05) is 23.6 Å². The van der Waals surface area contributed by atoms with Gasteiger partial charge in [0.2, 0.25) is 0 Å². The average molecular weight is 506 g/mol. The Balaban J connectivity index is 1.50. The van der Waals surface area contributed by atoms with Gasteiger partial charge >= 0.3 is 0 Å². The quantitative estimate of drug-likeness (QED) is 0.354. The number of hydrogen-bond acceptors (Lipinski definition) is 6. The molecule has 0 spiro atoms. The Bertz CT molecular complexity index is 1240. The fraction of sp³-hybridized carbons (Fsp3) is 0.0476. The number of benzene rings is 2. The van der Waals surface area contributed by atoms with E-state index < -0.39 is 0 Å². The highest BCUT2D eigenvalue weighted by atomic mass is 35.5. The summed E-state index contributed by atoms with van der Waals surface area (Å²) in [6.07, 6.45) is 1.74. The summed E-state index contributed by atoms with van der Waals surface area (Å²) in [5, 5.41) is 5.92. The zero-order valence-corrected chi connectivity index (χ0v) is 19.8. The van der Waals surface area contributed by atoms with Gasteiger partial charge in [-0.3, -0.25) is 14.5 Å². The maximum absolute atomic E-state index is 12.9. The molecule has 2 heterocycles.